The van der Waals surface area contributed by atoms with Gasteiger partial charge in [0.05, 0.1) is 0 Å². The maximum atomic E-state index is 11.9. The van der Waals surface area contributed by atoms with Crippen molar-refractivity contribution in [3.63, 3.8) is 0 Å². The van der Waals surface area contributed by atoms with Crippen molar-refractivity contribution in [1.29, 1.82) is 5.41 Å². The SMILES string of the molecule is BC(C(=N)F)C1C=C1. The van der Waals surface area contributed by atoms with Gasteiger partial charge in [0.2, 0.25) is 0 Å². The van der Waals surface area contributed by atoms with Gasteiger partial charge >= 0.3 is 0 Å². The smallest absolute Gasteiger partial charge is 0.177 e. The van der Waals surface area contributed by atoms with Gasteiger partial charge in [-0.05, 0) is 5.92 Å². The lowest BCUT2D eigenvalue weighted by atomic mass is 9.82. The van der Waals surface area contributed by atoms with E-state index < -0.39 is 5.97 Å². The average Bonchev–Trinajstić information content (AvgIpc) is 2.43. The second-order valence-electron chi connectivity index (χ2n) is 2.10. The Labute approximate surface area is 48.5 Å². The summed E-state index contributed by atoms with van der Waals surface area (Å²) in [6.07, 6.45) is 3.80. The molecule has 0 aromatic carbocycles. The molecule has 42 valence electrons. The van der Waals surface area contributed by atoms with E-state index in [9.17, 15) is 4.39 Å². The number of rotatable bonds is 2. The molecule has 0 aromatic rings. The molecule has 1 rings (SSSR count). The van der Waals surface area contributed by atoms with E-state index in [0.717, 1.165) is 0 Å². The molecule has 3 heteroatoms. The molecule has 1 N–H and O–H groups in total. The molecule has 1 atom stereocenters. The molecule has 0 heterocycles. The molecule has 0 saturated carbocycles. The van der Waals surface area contributed by atoms with Crippen molar-refractivity contribution < 1.29 is 4.39 Å². The van der Waals surface area contributed by atoms with E-state index in [1.54, 1.807) is 7.85 Å². The summed E-state index contributed by atoms with van der Waals surface area (Å²) in [4.78, 5) is 0. The quantitative estimate of drug-likeness (QED) is 0.305. The van der Waals surface area contributed by atoms with Crippen molar-refractivity contribution in [2.45, 2.75) is 5.82 Å². The predicted octanol–water partition coefficient (Wildman–Crippen LogP) is 0.541. The number of hydrogen-bond acceptors (Lipinski definition) is 1. The summed E-state index contributed by atoms with van der Waals surface area (Å²) in [6.45, 7) is 0. The van der Waals surface area contributed by atoms with Crippen LogP contribution in [0.3, 0.4) is 0 Å². The zero-order valence-corrected chi connectivity index (χ0v) is 4.69. The van der Waals surface area contributed by atoms with Crippen molar-refractivity contribution in [3.05, 3.63) is 12.2 Å². The van der Waals surface area contributed by atoms with E-state index in [-0.39, 0.29) is 11.7 Å². The van der Waals surface area contributed by atoms with Crippen LogP contribution < -0.4 is 0 Å². The molecular weight excluding hydrogens is 104 g/mol. The monoisotopic (exact) mass is 111 g/mol. The first-order chi connectivity index (χ1) is 3.72. The summed E-state index contributed by atoms with van der Waals surface area (Å²) >= 11 is 0. The highest BCUT2D eigenvalue weighted by atomic mass is 19.1. The van der Waals surface area contributed by atoms with Crippen LogP contribution in [0.1, 0.15) is 0 Å². The lowest BCUT2D eigenvalue weighted by Crippen LogP contribution is -2.03. The fourth-order valence-electron chi connectivity index (χ4n) is 0.566. The van der Waals surface area contributed by atoms with Gasteiger partial charge in [-0.15, -0.1) is 0 Å². The van der Waals surface area contributed by atoms with Crippen LogP contribution in [-0.2, 0) is 0 Å². The molecule has 0 fully saturated rings. The minimum Gasteiger partial charge on any atom is -0.278 e. The molecule has 0 bridgehead atoms. The third-order valence-corrected chi connectivity index (χ3v) is 1.39. The van der Waals surface area contributed by atoms with E-state index in [1.807, 2.05) is 12.2 Å². The standard InChI is InChI=1S/C5H7BFN/c6-4(5(7)8)3-1-2-3/h1-4,8H,6H2. The molecule has 1 aliphatic carbocycles. The highest BCUT2D eigenvalue weighted by molar-refractivity contribution is 6.23. The lowest BCUT2D eigenvalue weighted by molar-refractivity contribution is 0.732. The van der Waals surface area contributed by atoms with Gasteiger partial charge < -0.3 is 0 Å². The molecule has 0 aromatic heterocycles. The number of halogens is 1. The highest BCUT2D eigenvalue weighted by Gasteiger charge is 2.22. The van der Waals surface area contributed by atoms with Crippen molar-refractivity contribution in [3.8, 4) is 0 Å². The molecule has 1 nitrogen and oxygen atoms in total. The van der Waals surface area contributed by atoms with Gasteiger partial charge in [-0.2, -0.15) is 4.39 Å². The first-order valence-electron chi connectivity index (χ1n) is 2.64. The Kier molecular flexibility index (Phi) is 1.20. The third-order valence-electron chi connectivity index (χ3n) is 1.39. The molecule has 1 unspecified atom stereocenters. The molecule has 0 amide bonds. The normalized spacial score (nSPS) is 20.6. The summed E-state index contributed by atoms with van der Waals surface area (Å²) < 4.78 is 11.9. The van der Waals surface area contributed by atoms with E-state index >= 15 is 0 Å². The van der Waals surface area contributed by atoms with Crippen LogP contribution >= 0.6 is 0 Å². The second kappa shape index (κ2) is 1.73. The maximum absolute atomic E-state index is 11.9. The van der Waals surface area contributed by atoms with Crippen LogP contribution in [0.15, 0.2) is 12.2 Å². The van der Waals surface area contributed by atoms with Gasteiger partial charge in [0.15, 0.2) is 5.97 Å². The van der Waals surface area contributed by atoms with Crippen LogP contribution in [0.2, 0.25) is 5.82 Å². The Morgan fingerprint density at radius 2 is 2.25 bits per heavy atom. The second-order valence-corrected chi connectivity index (χ2v) is 2.10. The van der Waals surface area contributed by atoms with Gasteiger partial charge in [-0.3, -0.25) is 5.41 Å². The summed E-state index contributed by atoms with van der Waals surface area (Å²) in [5.74, 6) is -0.678. The van der Waals surface area contributed by atoms with Gasteiger partial charge in [-0.1, -0.05) is 12.2 Å². The molecular formula is C5H7BFN. The number of allylic oxidation sites excluding steroid dienone is 2. The molecule has 0 aliphatic heterocycles. The fraction of sp³-hybridized carbons (Fsp3) is 0.400. The van der Waals surface area contributed by atoms with E-state index in [1.165, 1.54) is 0 Å². The minimum atomic E-state index is -0.708. The largest absolute Gasteiger partial charge is 0.278 e. The van der Waals surface area contributed by atoms with Gasteiger partial charge in [0.25, 0.3) is 0 Å². The molecule has 0 radical (unpaired) electrons. The average molecular weight is 111 g/mol. The third kappa shape index (κ3) is 0.969. The van der Waals surface area contributed by atoms with Crippen LogP contribution in [0.5, 0.6) is 0 Å². The Balaban J connectivity index is 2.34. The molecule has 0 saturated heterocycles. The lowest BCUT2D eigenvalue weighted by Gasteiger charge is -2.01. The topological polar surface area (TPSA) is 23.9 Å². The predicted molar refractivity (Wildman–Crippen MR) is 33.8 cm³/mol. The van der Waals surface area contributed by atoms with E-state index in [0.29, 0.717) is 0 Å². The Morgan fingerprint density at radius 1 is 1.75 bits per heavy atom. The molecule has 0 spiro atoms. The first kappa shape index (κ1) is 5.54. The summed E-state index contributed by atoms with van der Waals surface area (Å²) in [7, 11) is 1.72. The van der Waals surface area contributed by atoms with Crippen molar-refractivity contribution >= 4 is 13.8 Å². The van der Waals surface area contributed by atoms with Gasteiger partial charge in [0.1, 0.15) is 7.85 Å². The Bertz CT molecular complexity index is 137. The summed E-state index contributed by atoms with van der Waals surface area (Å²) in [6, 6.07) is 0. The molecule has 1 aliphatic rings. The minimum absolute atomic E-state index is 0.213. The molecule has 8 heavy (non-hydrogen) atoms. The van der Waals surface area contributed by atoms with Crippen LogP contribution in [0, 0.1) is 11.3 Å². The van der Waals surface area contributed by atoms with Gasteiger partial charge in [0, 0.05) is 5.82 Å². The Morgan fingerprint density at radius 3 is 2.38 bits per heavy atom. The zero-order valence-electron chi connectivity index (χ0n) is 4.69. The fourth-order valence-corrected chi connectivity index (χ4v) is 0.566. The number of hydrogen-bond donors (Lipinski definition) is 1. The highest BCUT2D eigenvalue weighted by Crippen LogP contribution is 2.29. The summed E-state index contributed by atoms with van der Waals surface area (Å²) in [5, 5.41) is 6.56. The summed E-state index contributed by atoms with van der Waals surface area (Å²) in [5.41, 5.74) is 0. The van der Waals surface area contributed by atoms with Crippen molar-refractivity contribution in [2.24, 2.45) is 5.92 Å². The maximum Gasteiger partial charge on any atom is 0.177 e. The van der Waals surface area contributed by atoms with Crippen molar-refractivity contribution in [1.82, 2.24) is 0 Å². The van der Waals surface area contributed by atoms with Gasteiger partial charge in [-0.25, -0.2) is 0 Å². The Hall–Kier alpha value is -0.595. The van der Waals surface area contributed by atoms with Crippen LogP contribution in [0.25, 0.3) is 0 Å². The number of nitrogens with one attached hydrogen (secondary N) is 1. The van der Waals surface area contributed by atoms with E-state index in [4.69, 9.17) is 5.41 Å². The zero-order chi connectivity index (χ0) is 6.15. The van der Waals surface area contributed by atoms with Crippen molar-refractivity contribution in [2.75, 3.05) is 0 Å². The van der Waals surface area contributed by atoms with Crippen LogP contribution in [-0.4, -0.2) is 13.8 Å². The van der Waals surface area contributed by atoms with E-state index in [2.05, 4.69) is 0 Å². The van der Waals surface area contributed by atoms with Crippen LogP contribution in [0.4, 0.5) is 4.39 Å². The first-order valence-corrected chi connectivity index (χ1v) is 2.64.